The van der Waals surface area contributed by atoms with Gasteiger partial charge in [-0.2, -0.15) is 0 Å². The number of ether oxygens (including phenoxy) is 2. The Bertz CT molecular complexity index is 310. The maximum Gasteiger partial charge on any atom is 0.221 e. The summed E-state index contributed by atoms with van der Waals surface area (Å²) in [7, 11) is 0. The van der Waals surface area contributed by atoms with Crippen molar-refractivity contribution >= 4 is 0 Å². The molecule has 20 heavy (non-hydrogen) atoms. The monoisotopic (exact) mass is 298 g/mol. The summed E-state index contributed by atoms with van der Waals surface area (Å²) < 4.78 is 10.2. The smallest absolute Gasteiger partial charge is 0.221 e. The number of rotatable bonds is 7. The first-order chi connectivity index (χ1) is 9.24. The molecule has 120 valence electrons. The third-order valence-electron chi connectivity index (χ3n) is 3.41. The fourth-order valence-corrected chi connectivity index (χ4v) is 1.86. The van der Waals surface area contributed by atoms with Crippen LogP contribution < -0.4 is 0 Å². The summed E-state index contributed by atoms with van der Waals surface area (Å²) in [5.41, 5.74) is -1.86. The van der Waals surface area contributed by atoms with Crippen LogP contribution in [-0.2, 0) is 9.47 Å². The molecule has 0 amide bonds. The molecule has 6 atom stereocenters. The van der Waals surface area contributed by atoms with E-state index in [2.05, 4.69) is 0 Å². The molecule has 9 nitrogen and oxygen atoms in total. The standard InChI is InChI=1S/C11H22O9/c1-10(18,7(15)3-13)5-19-11(4-14)9(17)8(16)6(2-12)20-11/h6-9,12-18H,2-5H2,1H3/t6-,7-,8-,9-,10+,11-/m1/s1. The Kier molecular flexibility index (Phi) is 5.84. The van der Waals surface area contributed by atoms with Crippen molar-refractivity contribution in [3.05, 3.63) is 0 Å². The zero-order valence-electron chi connectivity index (χ0n) is 11.1. The van der Waals surface area contributed by atoms with Crippen molar-refractivity contribution in [3.8, 4) is 0 Å². The predicted octanol–water partition coefficient (Wildman–Crippen LogP) is -4.09. The topological polar surface area (TPSA) is 160 Å². The van der Waals surface area contributed by atoms with E-state index in [4.69, 9.17) is 19.7 Å². The van der Waals surface area contributed by atoms with E-state index in [1.807, 2.05) is 0 Å². The molecule has 0 aliphatic carbocycles. The molecule has 0 unspecified atom stereocenters. The Morgan fingerprint density at radius 3 is 2.30 bits per heavy atom. The van der Waals surface area contributed by atoms with Gasteiger partial charge in [0.15, 0.2) is 0 Å². The minimum Gasteiger partial charge on any atom is -0.394 e. The van der Waals surface area contributed by atoms with Gasteiger partial charge in [-0.1, -0.05) is 0 Å². The highest BCUT2D eigenvalue weighted by Crippen LogP contribution is 2.33. The summed E-state index contributed by atoms with van der Waals surface area (Å²) in [6, 6.07) is 0. The highest BCUT2D eigenvalue weighted by molar-refractivity contribution is 4.97. The molecular formula is C11H22O9. The molecule has 1 rings (SSSR count). The van der Waals surface area contributed by atoms with Crippen molar-refractivity contribution in [3.63, 3.8) is 0 Å². The highest BCUT2D eigenvalue weighted by atomic mass is 16.7. The van der Waals surface area contributed by atoms with Crippen molar-refractivity contribution in [2.24, 2.45) is 0 Å². The van der Waals surface area contributed by atoms with Gasteiger partial charge in [-0.3, -0.25) is 0 Å². The lowest BCUT2D eigenvalue weighted by Crippen LogP contribution is -2.54. The van der Waals surface area contributed by atoms with Gasteiger partial charge in [-0.05, 0) is 6.92 Å². The van der Waals surface area contributed by atoms with Crippen LogP contribution in [0.15, 0.2) is 0 Å². The molecule has 1 heterocycles. The number of hydrogen-bond acceptors (Lipinski definition) is 9. The summed E-state index contributed by atoms with van der Waals surface area (Å²) in [4.78, 5) is 0. The molecule has 1 fully saturated rings. The Morgan fingerprint density at radius 1 is 1.30 bits per heavy atom. The molecule has 1 saturated heterocycles. The van der Waals surface area contributed by atoms with E-state index in [0.29, 0.717) is 0 Å². The molecular weight excluding hydrogens is 276 g/mol. The molecule has 1 aliphatic rings. The van der Waals surface area contributed by atoms with Gasteiger partial charge in [0.05, 0.1) is 19.8 Å². The molecule has 0 spiro atoms. The fourth-order valence-electron chi connectivity index (χ4n) is 1.86. The second-order valence-corrected chi connectivity index (χ2v) is 5.09. The van der Waals surface area contributed by atoms with Crippen LogP contribution in [0.3, 0.4) is 0 Å². The van der Waals surface area contributed by atoms with Gasteiger partial charge < -0.3 is 45.2 Å². The van der Waals surface area contributed by atoms with Crippen LogP contribution in [0.2, 0.25) is 0 Å². The largest absolute Gasteiger partial charge is 0.394 e. The minimum absolute atomic E-state index is 0.586. The Morgan fingerprint density at radius 2 is 1.90 bits per heavy atom. The summed E-state index contributed by atoms with van der Waals surface area (Å²) in [6.07, 6.45) is -5.77. The first kappa shape index (κ1) is 17.7. The molecule has 0 aromatic rings. The molecule has 9 heteroatoms. The maximum absolute atomic E-state index is 9.86. The molecule has 0 aromatic heterocycles. The van der Waals surface area contributed by atoms with Crippen LogP contribution in [0, 0.1) is 0 Å². The van der Waals surface area contributed by atoms with Crippen LogP contribution in [0.5, 0.6) is 0 Å². The summed E-state index contributed by atoms with van der Waals surface area (Å²) in [6.45, 7) is -1.56. The van der Waals surface area contributed by atoms with E-state index in [9.17, 15) is 25.5 Å². The molecule has 1 aliphatic heterocycles. The highest BCUT2D eigenvalue weighted by Gasteiger charge is 2.55. The minimum atomic E-state index is -2.02. The van der Waals surface area contributed by atoms with Gasteiger partial charge in [0.1, 0.15) is 36.6 Å². The van der Waals surface area contributed by atoms with E-state index in [-0.39, 0.29) is 0 Å². The molecule has 7 N–H and O–H groups in total. The van der Waals surface area contributed by atoms with E-state index >= 15 is 0 Å². The molecule has 0 radical (unpaired) electrons. The van der Waals surface area contributed by atoms with Crippen LogP contribution >= 0.6 is 0 Å². The predicted molar refractivity (Wildman–Crippen MR) is 63.5 cm³/mol. The third-order valence-corrected chi connectivity index (χ3v) is 3.41. The van der Waals surface area contributed by atoms with Crippen molar-refractivity contribution in [2.75, 3.05) is 26.4 Å². The van der Waals surface area contributed by atoms with Gasteiger partial charge in [0.25, 0.3) is 0 Å². The van der Waals surface area contributed by atoms with Crippen LogP contribution in [0.1, 0.15) is 6.92 Å². The van der Waals surface area contributed by atoms with Crippen molar-refractivity contribution in [2.45, 2.75) is 42.7 Å². The SMILES string of the molecule is C[C@](O)(CO[C@]1(CO)O[C@H](CO)[C@@H](O)[C@H]1O)[C@H](O)CO. The molecule has 0 bridgehead atoms. The van der Waals surface area contributed by atoms with Gasteiger partial charge in [0.2, 0.25) is 5.79 Å². The van der Waals surface area contributed by atoms with Crippen molar-refractivity contribution < 1.29 is 45.2 Å². The van der Waals surface area contributed by atoms with Crippen LogP contribution in [0.4, 0.5) is 0 Å². The van der Waals surface area contributed by atoms with E-state index in [0.717, 1.165) is 0 Å². The molecule has 0 aromatic carbocycles. The zero-order valence-corrected chi connectivity index (χ0v) is 11.1. The normalized spacial score (nSPS) is 38.7. The average Bonchev–Trinajstić information content (AvgIpc) is 2.69. The third kappa shape index (κ3) is 3.27. The lowest BCUT2D eigenvalue weighted by molar-refractivity contribution is -0.295. The second kappa shape index (κ2) is 6.60. The number of aliphatic hydroxyl groups is 7. The van der Waals surface area contributed by atoms with E-state index in [1.54, 1.807) is 0 Å². The Balaban J connectivity index is 2.77. The number of aliphatic hydroxyl groups excluding tert-OH is 6. The maximum atomic E-state index is 9.86. The first-order valence-corrected chi connectivity index (χ1v) is 6.15. The van der Waals surface area contributed by atoms with Gasteiger partial charge in [-0.15, -0.1) is 0 Å². The quantitative estimate of drug-likeness (QED) is 0.248. The summed E-state index contributed by atoms with van der Waals surface area (Å²) in [5, 5.41) is 65.8. The Hall–Kier alpha value is -0.360. The first-order valence-electron chi connectivity index (χ1n) is 6.15. The van der Waals surface area contributed by atoms with E-state index < -0.39 is 62.2 Å². The van der Waals surface area contributed by atoms with Gasteiger partial charge >= 0.3 is 0 Å². The lowest BCUT2D eigenvalue weighted by Gasteiger charge is -2.35. The fraction of sp³-hybridized carbons (Fsp3) is 1.00. The average molecular weight is 298 g/mol. The lowest BCUT2D eigenvalue weighted by atomic mass is 10.0. The van der Waals surface area contributed by atoms with Crippen molar-refractivity contribution in [1.29, 1.82) is 0 Å². The van der Waals surface area contributed by atoms with Gasteiger partial charge in [0, 0.05) is 0 Å². The van der Waals surface area contributed by atoms with Crippen LogP contribution in [-0.4, -0.2) is 98.0 Å². The second-order valence-electron chi connectivity index (χ2n) is 5.09. The summed E-state index contributed by atoms with van der Waals surface area (Å²) in [5.74, 6) is -2.02. The van der Waals surface area contributed by atoms with Crippen molar-refractivity contribution in [1.82, 2.24) is 0 Å². The number of hydrogen-bond donors (Lipinski definition) is 7. The van der Waals surface area contributed by atoms with E-state index in [1.165, 1.54) is 6.92 Å². The molecule has 0 saturated carbocycles. The van der Waals surface area contributed by atoms with Gasteiger partial charge in [-0.25, -0.2) is 0 Å². The van der Waals surface area contributed by atoms with Crippen LogP contribution in [0.25, 0.3) is 0 Å². The Labute approximate surface area is 115 Å². The zero-order chi connectivity index (χ0) is 15.6. The summed E-state index contributed by atoms with van der Waals surface area (Å²) >= 11 is 0.